The molecule has 0 bridgehead atoms. The van der Waals surface area contributed by atoms with Gasteiger partial charge in [0, 0.05) is 0 Å². The minimum atomic E-state index is -0.989. The van der Waals surface area contributed by atoms with E-state index in [1.165, 1.54) is 6.07 Å². The lowest BCUT2D eigenvalue weighted by molar-refractivity contribution is 0.0696. The first-order valence-electron chi connectivity index (χ1n) is 7.24. The minimum absolute atomic E-state index is 0.0299. The zero-order chi connectivity index (χ0) is 15.7. The standard InChI is InChI=1S/C18H16O4/c1-2-11-6-7-16-14(8-11)15(19)10-17(22-16)12-4-3-5-13(9-12)18(20)21/h3-9,17H,2,10H2,1H3,(H,20,21). The van der Waals surface area contributed by atoms with Crippen molar-refractivity contribution in [3.8, 4) is 5.75 Å². The Bertz CT molecular complexity index is 749. The maximum Gasteiger partial charge on any atom is 0.335 e. The van der Waals surface area contributed by atoms with E-state index >= 15 is 0 Å². The number of carbonyl (C=O) groups excluding carboxylic acids is 1. The number of hydrogen-bond acceptors (Lipinski definition) is 3. The van der Waals surface area contributed by atoms with Gasteiger partial charge in [-0.1, -0.05) is 25.1 Å². The van der Waals surface area contributed by atoms with Crippen LogP contribution in [0.15, 0.2) is 42.5 Å². The van der Waals surface area contributed by atoms with Crippen molar-refractivity contribution in [2.24, 2.45) is 0 Å². The zero-order valence-corrected chi connectivity index (χ0v) is 12.2. The highest BCUT2D eigenvalue weighted by atomic mass is 16.5. The van der Waals surface area contributed by atoms with Crippen LogP contribution < -0.4 is 4.74 Å². The number of aryl methyl sites for hydroxylation is 1. The number of ether oxygens (including phenoxy) is 1. The number of hydrogen-bond donors (Lipinski definition) is 1. The molecule has 0 fully saturated rings. The van der Waals surface area contributed by atoms with Gasteiger partial charge in [-0.2, -0.15) is 0 Å². The number of carboxylic acid groups (broad SMARTS) is 1. The van der Waals surface area contributed by atoms with E-state index in [9.17, 15) is 9.59 Å². The summed E-state index contributed by atoms with van der Waals surface area (Å²) in [5, 5.41) is 9.07. The topological polar surface area (TPSA) is 63.6 Å². The van der Waals surface area contributed by atoms with E-state index in [4.69, 9.17) is 9.84 Å². The van der Waals surface area contributed by atoms with Crippen LogP contribution in [0.25, 0.3) is 0 Å². The number of benzene rings is 2. The predicted octanol–water partition coefficient (Wildman–Crippen LogP) is 3.65. The molecule has 2 aromatic rings. The van der Waals surface area contributed by atoms with Crippen LogP contribution in [0.1, 0.15) is 51.3 Å². The van der Waals surface area contributed by atoms with Gasteiger partial charge < -0.3 is 9.84 Å². The van der Waals surface area contributed by atoms with E-state index in [0.29, 0.717) is 16.9 Å². The van der Waals surface area contributed by atoms with Gasteiger partial charge in [-0.25, -0.2) is 4.79 Å². The molecule has 0 saturated heterocycles. The molecule has 1 atom stereocenters. The largest absolute Gasteiger partial charge is 0.484 e. The molecule has 22 heavy (non-hydrogen) atoms. The Balaban J connectivity index is 1.94. The Morgan fingerprint density at radius 3 is 2.82 bits per heavy atom. The van der Waals surface area contributed by atoms with Gasteiger partial charge >= 0.3 is 5.97 Å². The molecule has 112 valence electrons. The smallest absolute Gasteiger partial charge is 0.335 e. The first kappa shape index (κ1) is 14.3. The maximum atomic E-state index is 12.4. The number of Topliss-reactive ketones (excluding diaryl/α,β-unsaturated/α-hetero) is 1. The van der Waals surface area contributed by atoms with Crippen molar-refractivity contribution in [2.75, 3.05) is 0 Å². The predicted molar refractivity (Wildman–Crippen MR) is 81.5 cm³/mol. The average molecular weight is 296 g/mol. The molecule has 1 N–H and O–H groups in total. The zero-order valence-electron chi connectivity index (χ0n) is 12.2. The van der Waals surface area contributed by atoms with Crippen LogP contribution >= 0.6 is 0 Å². The first-order chi connectivity index (χ1) is 10.6. The summed E-state index contributed by atoms with van der Waals surface area (Å²) < 4.78 is 5.91. The van der Waals surface area contributed by atoms with Crippen molar-refractivity contribution >= 4 is 11.8 Å². The van der Waals surface area contributed by atoms with Gasteiger partial charge in [0.15, 0.2) is 5.78 Å². The Hall–Kier alpha value is -2.62. The third-order valence-electron chi connectivity index (χ3n) is 3.90. The molecule has 4 nitrogen and oxygen atoms in total. The summed E-state index contributed by atoms with van der Waals surface area (Å²) >= 11 is 0. The van der Waals surface area contributed by atoms with E-state index in [2.05, 4.69) is 0 Å². The molecule has 0 radical (unpaired) electrons. The Labute approximate surface area is 128 Å². The van der Waals surface area contributed by atoms with Crippen LogP contribution in [0.5, 0.6) is 5.75 Å². The molecule has 1 unspecified atom stereocenters. The van der Waals surface area contributed by atoms with Gasteiger partial charge in [0.05, 0.1) is 17.5 Å². The van der Waals surface area contributed by atoms with Crippen LogP contribution in [0, 0.1) is 0 Å². The van der Waals surface area contributed by atoms with Crippen molar-refractivity contribution in [1.29, 1.82) is 0 Å². The summed E-state index contributed by atoms with van der Waals surface area (Å²) in [7, 11) is 0. The maximum absolute atomic E-state index is 12.4. The van der Waals surface area contributed by atoms with Crippen LogP contribution in [0.4, 0.5) is 0 Å². The third kappa shape index (κ3) is 2.60. The summed E-state index contributed by atoms with van der Waals surface area (Å²) in [5.74, 6) is -0.390. The quantitative estimate of drug-likeness (QED) is 0.939. The lowest BCUT2D eigenvalue weighted by Gasteiger charge is -2.26. The van der Waals surface area contributed by atoms with Gasteiger partial charge in [0.2, 0.25) is 0 Å². The van der Waals surface area contributed by atoms with Crippen molar-refractivity contribution in [2.45, 2.75) is 25.9 Å². The lowest BCUT2D eigenvalue weighted by atomic mass is 9.94. The SMILES string of the molecule is CCc1ccc2c(c1)C(=O)CC(c1cccc(C(=O)O)c1)O2. The van der Waals surface area contributed by atoms with Gasteiger partial charge in [0.25, 0.3) is 0 Å². The first-order valence-corrected chi connectivity index (χ1v) is 7.24. The number of rotatable bonds is 3. The van der Waals surface area contributed by atoms with E-state index in [0.717, 1.165) is 12.0 Å². The normalized spacial score (nSPS) is 16.8. The number of fused-ring (bicyclic) bond motifs is 1. The second-order valence-corrected chi connectivity index (χ2v) is 5.35. The van der Waals surface area contributed by atoms with Gasteiger partial charge in [-0.15, -0.1) is 0 Å². The molecule has 0 aliphatic carbocycles. The molecule has 1 aliphatic heterocycles. The van der Waals surface area contributed by atoms with Crippen molar-refractivity contribution in [3.63, 3.8) is 0 Å². The molecule has 1 aliphatic rings. The fraction of sp³-hybridized carbons (Fsp3) is 0.222. The minimum Gasteiger partial charge on any atom is -0.484 e. The molecule has 0 saturated carbocycles. The molecule has 2 aromatic carbocycles. The summed E-state index contributed by atoms with van der Waals surface area (Å²) in [5.41, 5.74) is 2.62. The number of carboxylic acids is 1. The average Bonchev–Trinajstić information content (AvgIpc) is 2.54. The Morgan fingerprint density at radius 1 is 1.27 bits per heavy atom. The molecule has 1 heterocycles. The molecule has 0 amide bonds. The highest BCUT2D eigenvalue weighted by molar-refractivity contribution is 6.00. The molecule has 0 aromatic heterocycles. The van der Waals surface area contributed by atoms with Gasteiger partial charge in [0.1, 0.15) is 11.9 Å². The molecule has 4 heteroatoms. The highest BCUT2D eigenvalue weighted by Gasteiger charge is 2.28. The molecule has 0 spiro atoms. The van der Waals surface area contributed by atoms with Crippen LogP contribution in [0.3, 0.4) is 0 Å². The highest BCUT2D eigenvalue weighted by Crippen LogP contribution is 2.35. The monoisotopic (exact) mass is 296 g/mol. The van der Waals surface area contributed by atoms with Crippen LogP contribution in [0.2, 0.25) is 0 Å². The van der Waals surface area contributed by atoms with Gasteiger partial charge in [-0.3, -0.25) is 4.79 Å². The second kappa shape index (κ2) is 5.64. The molecular weight excluding hydrogens is 280 g/mol. The Morgan fingerprint density at radius 2 is 2.09 bits per heavy atom. The summed E-state index contributed by atoms with van der Waals surface area (Å²) in [4.78, 5) is 23.4. The number of carbonyl (C=O) groups is 2. The van der Waals surface area contributed by atoms with E-state index in [1.54, 1.807) is 18.2 Å². The van der Waals surface area contributed by atoms with E-state index in [-0.39, 0.29) is 17.8 Å². The fourth-order valence-electron chi connectivity index (χ4n) is 2.65. The third-order valence-corrected chi connectivity index (χ3v) is 3.90. The van der Waals surface area contributed by atoms with E-state index in [1.807, 2.05) is 25.1 Å². The number of ketones is 1. The summed E-state index contributed by atoms with van der Waals surface area (Å²) in [6.07, 6.45) is 0.653. The van der Waals surface area contributed by atoms with Crippen LogP contribution in [-0.4, -0.2) is 16.9 Å². The lowest BCUT2D eigenvalue weighted by Crippen LogP contribution is -2.20. The number of aromatic carboxylic acids is 1. The van der Waals surface area contributed by atoms with Crippen molar-refractivity contribution < 1.29 is 19.4 Å². The fourth-order valence-corrected chi connectivity index (χ4v) is 2.65. The molecular formula is C18H16O4. The molecule has 3 rings (SSSR count). The van der Waals surface area contributed by atoms with Crippen molar-refractivity contribution in [3.05, 3.63) is 64.7 Å². The van der Waals surface area contributed by atoms with E-state index < -0.39 is 12.1 Å². The summed E-state index contributed by atoms with van der Waals surface area (Å²) in [6.45, 7) is 2.04. The summed E-state index contributed by atoms with van der Waals surface area (Å²) in [6, 6.07) is 12.2. The van der Waals surface area contributed by atoms with Gasteiger partial charge in [-0.05, 0) is 41.8 Å². The Kier molecular flexibility index (Phi) is 3.67. The van der Waals surface area contributed by atoms with Crippen molar-refractivity contribution in [1.82, 2.24) is 0 Å². The van der Waals surface area contributed by atoms with Crippen LogP contribution in [-0.2, 0) is 6.42 Å². The second-order valence-electron chi connectivity index (χ2n) is 5.35.